The van der Waals surface area contributed by atoms with Crippen molar-refractivity contribution in [2.45, 2.75) is 43.4 Å². The van der Waals surface area contributed by atoms with Crippen LogP contribution in [-0.2, 0) is 0 Å². The van der Waals surface area contributed by atoms with Crippen LogP contribution >= 0.6 is 11.8 Å². The summed E-state index contributed by atoms with van der Waals surface area (Å²) >= 11 is 2.05. The molecule has 1 nitrogen and oxygen atoms in total. The van der Waals surface area contributed by atoms with Crippen molar-refractivity contribution in [1.29, 1.82) is 0 Å². The molecule has 2 aliphatic carbocycles. The third-order valence-electron chi connectivity index (χ3n) is 3.59. The van der Waals surface area contributed by atoms with Gasteiger partial charge in [-0.2, -0.15) is 11.8 Å². The lowest BCUT2D eigenvalue weighted by molar-refractivity contribution is 0.116. The highest BCUT2D eigenvalue weighted by molar-refractivity contribution is 7.99. The van der Waals surface area contributed by atoms with Gasteiger partial charge in [0.25, 0.3) is 0 Å². The second-order valence-electron chi connectivity index (χ2n) is 4.35. The largest absolute Gasteiger partial charge is 0.298 e. The van der Waals surface area contributed by atoms with Crippen molar-refractivity contribution < 1.29 is 0 Å². The zero-order chi connectivity index (χ0) is 8.60. The highest BCUT2D eigenvalue weighted by Gasteiger charge is 2.48. The third kappa shape index (κ3) is 1.30. The number of thioether (sulfide) groups is 1. The summed E-state index contributed by atoms with van der Waals surface area (Å²) in [5, 5.41) is 0.941. The van der Waals surface area contributed by atoms with Crippen molar-refractivity contribution in [3.63, 3.8) is 0 Å². The van der Waals surface area contributed by atoms with Gasteiger partial charge >= 0.3 is 0 Å². The Labute approximate surface area is 79.0 Å². The molecule has 0 N–H and O–H groups in total. The smallest absolute Gasteiger partial charge is 0.0503 e. The van der Waals surface area contributed by atoms with Gasteiger partial charge < -0.3 is 0 Å². The summed E-state index contributed by atoms with van der Waals surface area (Å²) < 4.78 is 0. The van der Waals surface area contributed by atoms with Gasteiger partial charge in [0.2, 0.25) is 0 Å². The van der Waals surface area contributed by atoms with E-state index in [0.717, 1.165) is 5.25 Å². The fourth-order valence-corrected chi connectivity index (χ4v) is 3.67. The van der Waals surface area contributed by atoms with Crippen LogP contribution in [0.3, 0.4) is 0 Å². The van der Waals surface area contributed by atoms with Gasteiger partial charge in [0, 0.05) is 5.25 Å². The molecule has 2 heteroatoms. The summed E-state index contributed by atoms with van der Waals surface area (Å²) in [4.78, 5) is 4.11. The van der Waals surface area contributed by atoms with Crippen LogP contribution in [0.25, 0.3) is 0 Å². The second kappa shape index (κ2) is 3.06. The number of aliphatic imine (C=N–C) groups is 1. The van der Waals surface area contributed by atoms with E-state index >= 15 is 0 Å². The Bertz CT molecular complexity index is 184. The fraction of sp³-hybridized carbons (Fsp3) is 0.900. The van der Waals surface area contributed by atoms with E-state index in [1.54, 1.807) is 0 Å². The van der Waals surface area contributed by atoms with Crippen molar-refractivity contribution in [2.75, 3.05) is 6.26 Å². The molecule has 0 aliphatic heterocycles. The van der Waals surface area contributed by atoms with Crippen molar-refractivity contribution in [3.05, 3.63) is 0 Å². The van der Waals surface area contributed by atoms with Crippen LogP contribution in [0, 0.1) is 5.41 Å². The first kappa shape index (κ1) is 8.61. The average Bonchev–Trinajstić information content (AvgIpc) is 2.45. The lowest BCUT2D eigenvalue weighted by Crippen LogP contribution is -2.37. The molecule has 1 spiro atoms. The van der Waals surface area contributed by atoms with E-state index in [9.17, 15) is 0 Å². The minimum Gasteiger partial charge on any atom is -0.298 e. The minimum atomic E-state index is 0.602. The summed E-state index contributed by atoms with van der Waals surface area (Å²) in [5.74, 6) is 0. The van der Waals surface area contributed by atoms with Gasteiger partial charge in [-0.1, -0.05) is 0 Å². The molecule has 0 heterocycles. The van der Waals surface area contributed by atoms with Crippen LogP contribution in [0.5, 0.6) is 0 Å². The molecular weight excluding hydrogens is 166 g/mol. The molecule has 0 bridgehead atoms. The van der Waals surface area contributed by atoms with E-state index in [1.807, 2.05) is 11.8 Å². The Balaban J connectivity index is 1.88. The van der Waals surface area contributed by atoms with Gasteiger partial charge in [-0.3, -0.25) is 4.99 Å². The molecule has 0 saturated heterocycles. The van der Waals surface area contributed by atoms with Crippen LogP contribution in [0.2, 0.25) is 0 Å². The molecule has 2 rings (SSSR count). The molecule has 68 valence electrons. The number of hydrogen-bond donors (Lipinski definition) is 0. The molecule has 0 aromatic carbocycles. The molecule has 1 atom stereocenters. The zero-order valence-corrected chi connectivity index (χ0v) is 8.57. The topological polar surface area (TPSA) is 12.4 Å². The maximum absolute atomic E-state index is 4.11. The molecule has 0 aromatic rings. The third-order valence-corrected chi connectivity index (χ3v) is 4.66. The highest BCUT2D eigenvalue weighted by Crippen LogP contribution is 2.56. The quantitative estimate of drug-likeness (QED) is 0.600. The Morgan fingerprint density at radius 2 is 2.17 bits per heavy atom. The number of hydrogen-bond acceptors (Lipinski definition) is 2. The molecule has 2 fully saturated rings. The van der Waals surface area contributed by atoms with Gasteiger partial charge in [-0.15, -0.1) is 0 Å². The van der Waals surface area contributed by atoms with Crippen LogP contribution in [0.15, 0.2) is 4.99 Å². The monoisotopic (exact) mass is 183 g/mol. The molecule has 12 heavy (non-hydrogen) atoms. The Hall–Kier alpha value is 0.0200. The first-order valence-corrected chi connectivity index (χ1v) is 6.05. The molecule has 0 amide bonds. The van der Waals surface area contributed by atoms with Crippen molar-refractivity contribution in [2.24, 2.45) is 10.4 Å². The zero-order valence-electron chi connectivity index (χ0n) is 7.75. The van der Waals surface area contributed by atoms with Crippen molar-refractivity contribution in [3.8, 4) is 0 Å². The van der Waals surface area contributed by atoms with Gasteiger partial charge in [0.15, 0.2) is 0 Å². The van der Waals surface area contributed by atoms with E-state index in [-0.39, 0.29) is 0 Å². The summed E-state index contributed by atoms with van der Waals surface area (Å²) in [6.45, 7) is 3.62. The van der Waals surface area contributed by atoms with Gasteiger partial charge in [-0.05, 0) is 50.5 Å². The summed E-state index contributed by atoms with van der Waals surface area (Å²) in [6.07, 6.45) is 9.22. The lowest BCUT2D eigenvalue weighted by Gasteiger charge is -2.43. The summed E-state index contributed by atoms with van der Waals surface area (Å²) in [5.41, 5.74) is 0.708. The first-order valence-electron chi connectivity index (χ1n) is 4.77. The minimum absolute atomic E-state index is 0.602. The Morgan fingerprint density at radius 1 is 1.42 bits per heavy atom. The SMILES string of the molecule is C=NC1CC2(CCC(SC)C2)C1. The summed E-state index contributed by atoms with van der Waals surface area (Å²) in [7, 11) is 0. The number of nitrogens with zero attached hydrogens (tertiary/aromatic N) is 1. The van der Waals surface area contributed by atoms with Crippen LogP contribution in [0.1, 0.15) is 32.1 Å². The molecular formula is C10H17NS. The van der Waals surface area contributed by atoms with E-state index in [0.29, 0.717) is 11.5 Å². The standard InChI is InChI=1S/C10H17NS/c1-11-8-5-10(6-8)4-3-9(7-10)12-2/h8-9H,1,3-7H2,2H3. The van der Waals surface area contributed by atoms with Gasteiger partial charge in [-0.25, -0.2) is 0 Å². The van der Waals surface area contributed by atoms with E-state index in [2.05, 4.69) is 18.0 Å². The number of rotatable bonds is 2. The molecule has 0 aromatic heterocycles. The van der Waals surface area contributed by atoms with Crippen molar-refractivity contribution in [1.82, 2.24) is 0 Å². The Morgan fingerprint density at radius 3 is 2.67 bits per heavy atom. The first-order chi connectivity index (χ1) is 5.78. The Kier molecular flexibility index (Phi) is 2.19. The molecule has 0 radical (unpaired) electrons. The van der Waals surface area contributed by atoms with E-state index in [4.69, 9.17) is 0 Å². The predicted octanol–water partition coefficient (Wildman–Crippen LogP) is 2.75. The van der Waals surface area contributed by atoms with Crippen LogP contribution in [0.4, 0.5) is 0 Å². The predicted molar refractivity (Wildman–Crippen MR) is 56.2 cm³/mol. The van der Waals surface area contributed by atoms with E-state index in [1.165, 1.54) is 32.1 Å². The lowest BCUT2D eigenvalue weighted by atomic mass is 9.64. The second-order valence-corrected chi connectivity index (χ2v) is 5.48. The van der Waals surface area contributed by atoms with Gasteiger partial charge in [0.05, 0.1) is 6.04 Å². The molecule has 2 saturated carbocycles. The maximum Gasteiger partial charge on any atom is 0.0503 e. The van der Waals surface area contributed by atoms with Gasteiger partial charge in [0.1, 0.15) is 0 Å². The van der Waals surface area contributed by atoms with Crippen molar-refractivity contribution >= 4 is 18.5 Å². The van der Waals surface area contributed by atoms with Crippen LogP contribution in [-0.4, -0.2) is 24.3 Å². The normalized spacial score (nSPS) is 46.1. The highest BCUT2D eigenvalue weighted by atomic mass is 32.2. The fourth-order valence-electron chi connectivity index (χ4n) is 2.80. The molecule has 2 aliphatic rings. The average molecular weight is 183 g/mol. The summed E-state index contributed by atoms with van der Waals surface area (Å²) in [6, 6.07) is 0.602. The van der Waals surface area contributed by atoms with Crippen LogP contribution < -0.4 is 0 Å². The molecule has 1 unspecified atom stereocenters. The van der Waals surface area contributed by atoms with E-state index < -0.39 is 0 Å². The maximum atomic E-state index is 4.11.